The van der Waals surface area contributed by atoms with Crippen molar-refractivity contribution in [3.8, 4) is 11.5 Å². The largest absolute Gasteiger partial charge is 0.494 e. The van der Waals surface area contributed by atoms with Gasteiger partial charge in [-0.25, -0.2) is 4.68 Å². The highest BCUT2D eigenvalue weighted by Crippen LogP contribution is 2.38. The first-order valence-corrected chi connectivity index (χ1v) is 10.9. The molecule has 0 aliphatic heterocycles. The van der Waals surface area contributed by atoms with Gasteiger partial charge in [0.15, 0.2) is 0 Å². The number of thioether (sulfide) groups is 1. The number of nitrogens with zero attached hydrogens (tertiary/aromatic N) is 4. The lowest BCUT2D eigenvalue weighted by molar-refractivity contribution is -0.113. The summed E-state index contributed by atoms with van der Waals surface area (Å²) in [4.78, 5) is 25.1. The lowest BCUT2D eigenvalue weighted by Crippen LogP contribution is -2.16. The molecule has 166 valence electrons. The van der Waals surface area contributed by atoms with Crippen LogP contribution in [-0.4, -0.2) is 52.0 Å². The van der Waals surface area contributed by atoms with Crippen LogP contribution < -0.4 is 20.1 Å². The van der Waals surface area contributed by atoms with Gasteiger partial charge in [-0.1, -0.05) is 30.0 Å². The Bertz CT molecular complexity index is 1120. The predicted octanol–water partition coefficient (Wildman–Crippen LogP) is 3.01. The van der Waals surface area contributed by atoms with E-state index in [1.54, 1.807) is 41.1 Å². The molecule has 1 saturated carbocycles. The van der Waals surface area contributed by atoms with Crippen LogP contribution in [0.5, 0.6) is 11.5 Å². The molecule has 0 atom stereocenters. The van der Waals surface area contributed by atoms with Gasteiger partial charge >= 0.3 is 0 Å². The molecule has 4 rings (SSSR count). The Morgan fingerprint density at radius 1 is 1.06 bits per heavy atom. The zero-order chi connectivity index (χ0) is 22.5. The SMILES string of the molecule is COc1cc(NC(=O)c2ccccc2)c(OC)cc1NC(=O)CSc1nnnn1C1CC1. The first-order valence-electron chi connectivity index (χ1n) is 9.92. The molecular weight excluding hydrogens is 432 g/mol. The average molecular weight is 455 g/mol. The monoisotopic (exact) mass is 454 g/mol. The van der Waals surface area contributed by atoms with Crippen molar-refractivity contribution in [1.29, 1.82) is 0 Å². The van der Waals surface area contributed by atoms with Gasteiger partial charge in [-0.05, 0) is 35.4 Å². The Morgan fingerprint density at radius 3 is 2.34 bits per heavy atom. The number of hydrogen-bond donors (Lipinski definition) is 2. The van der Waals surface area contributed by atoms with E-state index in [1.165, 1.54) is 26.0 Å². The lowest BCUT2D eigenvalue weighted by Gasteiger charge is -2.16. The van der Waals surface area contributed by atoms with Crippen LogP contribution in [-0.2, 0) is 4.79 Å². The van der Waals surface area contributed by atoms with E-state index < -0.39 is 0 Å². The van der Waals surface area contributed by atoms with Crippen LogP contribution in [0.2, 0.25) is 0 Å². The molecule has 1 aliphatic carbocycles. The van der Waals surface area contributed by atoms with Crippen LogP contribution in [0.1, 0.15) is 29.2 Å². The maximum atomic E-state index is 12.5. The van der Waals surface area contributed by atoms with E-state index in [1.807, 2.05) is 6.07 Å². The molecule has 1 aliphatic rings. The zero-order valence-electron chi connectivity index (χ0n) is 17.6. The van der Waals surface area contributed by atoms with Crippen LogP contribution in [0.15, 0.2) is 47.6 Å². The molecule has 3 aromatic rings. The van der Waals surface area contributed by atoms with E-state index in [0.29, 0.717) is 39.6 Å². The van der Waals surface area contributed by atoms with Crippen molar-refractivity contribution in [2.75, 3.05) is 30.6 Å². The number of aromatic nitrogens is 4. The molecule has 10 nitrogen and oxygen atoms in total. The molecule has 1 heterocycles. The van der Waals surface area contributed by atoms with Gasteiger partial charge in [0.05, 0.1) is 37.4 Å². The van der Waals surface area contributed by atoms with Gasteiger partial charge in [-0.3, -0.25) is 9.59 Å². The van der Waals surface area contributed by atoms with E-state index in [9.17, 15) is 9.59 Å². The minimum absolute atomic E-state index is 0.130. The van der Waals surface area contributed by atoms with Crippen LogP contribution in [0.25, 0.3) is 0 Å². The molecule has 32 heavy (non-hydrogen) atoms. The molecule has 0 bridgehead atoms. The Labute approximate surface area is 188 Å². The number of ether oxygens (including phenoxy) is 2. The number of tetrazole rings is 1. The van der Waals surface area contributed by atoms with Gasteiger partial charge in [-0.15, -0.1) is 5.10 Å². The number of hydrogen-bond acceptors (Lipinski definition) is 8. The fourth-order valence-electron chi connectivity index (χ4n) is 3.02. The maximum absolute atomic E-state index is 12.5. The summed E-state index contributed by atoms with van der Waals surface area (Å²) in [5.74, 6) is 0.366. The summed E-state index contributed by atoms with van der Waals surface area (Å²) in [7, 11) is 2.97. The lowest BCUT2D eigenvalue weighted by atomic mass is 10.2. The highest BCUT2D eigenvalue weighted by Gasteiger charge is 2.28. The maximum Gasteiger partial charge on any atom is 0.255 e. The second-order valence-corrected chi connectivity index (χ2v) is 7.99. The van der Waals surface area contributed by atoms with Crippen LogP contribution in [0.3, 0.4) is 0 Å². The number of amides is 2. The minimum atomic E-state index is -0.285. The number of carbonyl (C=O) groups excluding carboxylic acids is 2. The molecule has 2 amide bonds. The summed E-state index contributed by atoms with van der Waals surface area (Å²) >= 11 is 1.27. The van der Waals surface area contributed by atoms with Gasteiger partial charge < -0.3 is 20.1 Å². The molecule has 0 saturated heterocycles. The van der Waals surface area contributed by atoms with Crippen molar-refractivity contribution >= 4 is 35.0 Å². The smallest absolute Gasteiger partial charge is 0.255 e. The number of carbonyl (C=O) groups is 2. The Morgan fingerprint density at radius 2 is 1.72 bits per heavy atom. The summed E-state index contributed by atoms with van der Waals surface area (Å²) in [6.07, 6.45) is 2.10. The van der Waals surface area contributed by atoms with E-state index in [4.69, 9.17) is 9.47 Å². The van der Waals surface area contributed by atoms with E-state index >= 15 is 0 Å². The molecule has 11 heteroatoms. The summed E-state index contributed by atoms with van der Waals surface area (Å²) in [6, 6.07) is 12.4. The number of methoxy groups -OCH3 is 2. The van der Waals surface area contributed by atoms with Crippen LogP contribution in [0.4, 0.5) is 11.4 Å². The second-order valence-electron chi connectivity index (χ2n) is 7.05. The molecule has 0 unspecified atom stereocenters. The standard InChI is InChI=1S/C21H22N6O4S/c1-30-17-11-16(23-20(29)13-6-4-3-5-7-13)18(31-2)10-15(17)22-19(28)12-32-21-24-25-26-27(21)14-8-9-14/h3-7,10-11,14H,8-9,12H2,1-2H3,(H,22,28)(H,23,29). The summed E-state index contributed by atoms with van der Waals surface area (Å²) < 4.78 is 12.6. The number of anilines is 2. The Kier molecular flexibility index (Phi) is 6.55. The third kappa shape index (κ3) is 4.99. The molecule has 0 spiro atoms. The average Bonchev–Trinajstić information content (AvgIpc) is 3.56. The van der Waals surface area contributed by atoms with Gasteiger partial charge in [0.25, 0.3) is 5.91 Å². The van der Waals surface area contributed by atoms with Crippen LogP contribution >= 0.6 is 11.8 Å². The predicted molar refractivity (Wildman–Crippen MR) is 119 cm³/mol. The highest BCUT2D eigenvalue weighted by molar-refractivity contribution is 7.99. The number of rotatable bonds is 9. The summed E-state index contributed by atoms with van der Waals surface area (Å²) in [6.45, 7) is 0. The Balaban J connectivity index is 1.45. The Hall–Kier alpha value is -3.60. The number of benzene rings is 2. The molecule has 1 fully saturated rings. The van der Waals surface area contributed by atoms with Crippen molar-refractivity contribution in [1.82, 2.24) is 20.2 Å². The van der Waals surface area contributed by atoms with Gasteiger partial charge in [0.1, 0.15) is 11.5 Å². The van der Waals surface area contributed by atoms with Crippen LogP contribution in [0, 0.1) is 0 Å². The molecule has 1 aromatic heterocycles. The van der Waals surface area contributed by atoms with E-state index in [0.717, 1.165) is 12.8 Å². The summed E-state index contributed by atoms with van der Waals surface area (Å²) in [5.41, 5.74) is 1.36. The van der Waals surface area contributed by atoms with Crippen molar-refractivity contribution < 1.29 is 19.1 Å². The third-order valence-corrected chi connectivity index (χ3v) is 5.70. The highest BCUT2D eigenvalue weighted by atomic mass is 32.2. The van der Waals surface area contributed by atoms with Crippen molar-refractivity contribution in [2.24, 2.45) is 0 Å². The quantitative estimate of drug-likeness (QED) is 0.474. The fraction of sp³-hybridized carbons (Fsp3) is 0.286. The molecule has 2 N–H and O–H groups in total. The van der Waals surface area contributed by atoms with Gasteiger partial charge in [-0.2, -0.15) is 0 Å². The van der Waals surface area contributed by atoms with E-state index in [2.05, 4.69) is 26.2 Å². The zero-order valence-corrected chi connectivity index (χ0v) is 18.4. The normalized spacial score (nSPS) is 12.8. The van der Waals surface area contributed by atoms with Crippen molar-refractivity contribution in [2.45, 2.75) is 24.0 Å². The van der Waals surface area contributed by atoms with E-state index in [-0.39, 0.29) is 17.6 Å². The molecule has 0 radical (unpaired) electrons. The molecular formula is C21H22N6O4S. The fourth-order valence-corrected chi connectivity index (χ4v) is 3.77. The van der Waals surface area contributed by atoms with Gasteiger partial charge in [0, 0.05) is 17.7 Å². The van der Waals surface area contributed by atoms with Gasteiger partial charge in [0.2, 0.25) is 11.1 Å². The second kappa shape index (κ2) is 9.69. The first-order chi connectivity index (χ1) is 15.6. The van der Waals surface area contributed by atoms with Crippen molar-refractivity contribution in [3.63, 3.8) is 0 Å². The first kappa shape index (κ1) is 21.6. The third-order valence-electron chi connectivity index (χ3n) is 4.77. The topological polar surface area (TPSA) is 120 Å². The molecule has 2 aromatic carbocycles. The minimum Gasteiger partial charge on any atom is -0.494 e. The number of nitrogens with one attached hydrogen (secondary N) is 2. The summed E-state index contributed by atoms with van der Waals surface area (Å²) in [5, 5.41) is 17.9. The van der Waals surface area contributed by atoms with Crippen molar-refractivity contribution in [3.05, 3.63) is 48.0 Å².